The van der Waals surface area contributed by atoms with Gasteiger partial charge in [-0.15, -0.1) is 0 Å². The Bertz CT molecular complexity index is 994. The topological polar surface area (TPSA) is 66.8 Å². The first-order valence-electron chi connectivity index (χ1n) is 14.0. The average molecular weight is 485 g/mol. The van der Waals surface area contributed by atoms with Crippen molar-refractivity contribution in [1.29, 1.82) is 0 Å². The SMILES string of the molecule is COC(=O)[C@@]1(C)CC2=C3C=CC4[C@@]5(C)CC[C@H](O)C(C)(C)[C@@H]5CC[C@@]4(C)[C@]3(C)CC[C@@]2(C)C[C@H]1O. The van der Waals surface area contributed by atoms with Gasteiger partial charge in [0, 0.05) is 0 Å². The predicted octanol–water partition coefficient (Wildman–Crippen LogP) is 6.21. The molecule has 5 aliphatic carbocycles. The standard InChI is InChI=1S/C31H48O4/c1-26(2)21-11-14-31(7)22(28(21,4)13-12-23(26)32)10-9-19-20-17-29(5,25(34)35-8)24(33)18-27(20,3)15-16-30(19,31)6/h9-10,21-24,32-33H,11-18H2,1-8H3/t21-,22?,23-,24+,27-,28-,29-,30+,31+/m0/s1. The van der Waals surface area contributed by atoms with Crippen molar-refractivity contribution in [3.05, 3.63) is 23.3 Å². The number of aliphatic hydroxyl groups excluding tert-OH is 2. The molecule has 2 N–H and O–H groups in total. The van der Waals surface area contributed by atoms with Crippen LogP contribution in [0.5, 0.6) is 0 Å². The number of allylic oxidation sites excluding steroid dienone is 4. The third-order valence-electron chi connectivity index (χ3n) is 13.0. The van der Waals surface area contributed by atoms with Gasteiger partial charge in [-0.3, -0.25) is 4.79 Å². The molecule has 1 unspecified atom stereocenters. The maximum absolute atomic E-state index is 12.9. The number of esters is 1. The highest BCUT2D eigenvalue weighted by Gasteiger charge is 2.67. The molecule has 0 bridgehead atoms. The Kier molecular flexibility index (Phi) is 5.44. The van der Waals surface area contributed by atoms with Crippen LogP contribution >= 0.6 is 0 Å². The number of rotatable bonds is 1. The fourth-order valence-corrected chi connectivity index (χ4v) is 10.2. The van der Waals surface area contributed by atoms with E-state index in [1.165, 1.54) is 24.7 Å². The summed E-state index contributed by atoms with van der Waals surface area (Å²) in [5.41, 5.74) is 2.13. The molecule has 4 nitrogen and oxygen atoms in total. The molecule has 0 aromatic carbocycles. The van der Waals surface area contributed by atoms with Crippen molar-refractivity contribution < 1.29 is 19.7 Å². The van der Waals surface area contributed by atoms with Crippen LogP contribution in [0.3, 0.4) is 0 Å². The van der Waals surface area contributed by atoms with Gasteiger partial charge in [0.05, 0.1) is 24.7 Å². The Balaban J connectivity index is 1.64. The molecule has 4 heteroatoms. The van der Waals surface area contributed by atoms with Crippen molar-refractivity contribution in [1.82, 2.24) is 0 Å². The van der Waals surface area contributed by atoms with Crippen LogP contribution in [0.25, 0.3) is 0 Å². The molecule has 196 valence electrons. The molecular formula is C31H48O4. The number of hydrogen-bond donors (Lipinski definition) is 2. The van der Waals surface area contributed by atoms with Crippen LogP contribution in [-0.2, 0) is 9.53 Å². The van der Waals surface area contributed by atoms with Gasteiger partial charge in [-0.05, 0) is 103 Å². The van der Waals surface area contributed by atoms with Crippen molar-refractivity contribution in [2.24, 2.45) is 44.3 Å². The molecule has 0 aromatic heterocycles. The Morgan fingerprint density at radius 1 is 0.943 bits per heavy atom. The predicted molar refractivity (Wildman–Crippen MR) is 138 cm³/mol. The number of carbonyl (C=O) groups is 1. The van der Waals surface area contributed by atoms with E-state index in [9.17, 15) is 15.0 Å². The first-order valence-corrected chi connectivity index (χ1v) is 14.0. The van der Waals surface area contributed by atoms with E-state index in [2.05, 4.69) is 53.7 Å². The van der Waals surface area contributed by atoms with Gasteiger partial charge in [0.1, 0.15) is 0 Å². The number of ether oxygens (including phenoxy) is 1. The van der Waals surface area contributed by atoms with Crippen LogP contribution in [0, 0.1) is 44.3 Å². The van der Waals surface area contributed by atoms with Crippen molar-refractivity contribution in [3.8, 4) is 0 Å². The number of fused-ring (bicyclic) bond motifs is 6. The number of aliphatic hydroxyl groups is 2. The summed E-state index contributed by atoms with van der Waals surface area (Å²) in [6.45, 7) is 16.3. The summed E-state index contributed by atoms with van der Waals surface area (Å²) in [4.78, 5) is 12.9. The summed E-state index contributed by atoms with van der Waals surface area (Å²) in [6, 6.07) is 0. The summed E-state index contributed by atoms with van der Waals surface area (Å²) in [7, 11) is 1.44. The Morgan fingerprint density at radius 3 is 2.29 bits per heavy atom. The maximum atomic E-state index is 12.9. The van der Waals surface area contributed by atoms with E-state index in [0.717, 1.165) is 32.1 Å². The first kappa shape index (κ1) is 25.5. The number of methoxy groups -OCH3 is 1. The molecule has 0 aliphatic heterocycles. The van der Waals surface area contributed by atoms with E-state index < -0.39 is 11.5 Å². The van der Waals surface area contributed by atoms with E-state index in [1.807, 2.05) is 6.92 Å². The molecule has 0 radical (unpaired) electrons. The van der Waals surface area contributed by atoms with Crippen molar-refractivity contribution in [2.45, 2.75) is 112 Å². The Labute approximate surface area is 212 Å². The van der Waals surface area contributed by atoms with Crippen molar-refractivity contribution >= 4 is 5.97 Å². The molecule has 3 fully saturated rings. The van der Waals surface area contributed by atoms with Gasteiger partial charge in [0.15, 0.2) is 0 Å². The van der Waals surface area contributed by atoms with Crippen LogP contribution in [-0.4, -0.2) is 35.5 Å². The zero-order valence-electron chi connectivity index (χ0n) is 23.3. The lowest BCUT2D eigenvalue weighted by atomic mass is 9.35. The van der Waals surface area contributed by atoms with Gasteiger partial charge >= 0.3 is 5.97 Å². The fraction of sp³-hybridized carbons (Fsp3) is 0.839. The molecule has 0 aromatic rings. The molecule has 5 aliphatic rings. The van der Waals surface area contributed by atoms with Crippen molar-refractivity contribution in [3.63, 3.8) is 0 Å². The molecular weight excluding hydrogens is 436 g/mol. The second-order valence-electron chi connectivity index (χ2n) is 14.8. The van der Waals surface area contributed by atoms with E-state index in [4.69, 9.17) is 4.74 Å². The minimum absolute atomic E-state index is 0.0365. The zero-order valence-corrected chi connectivity index (χ0v) is 23.3. The van der Waals surface area contributed by atoms with E-state index in [1.54, 1.807) is 0 Å². The monoisotopic (exact) mass is 484 g/mol. The molecule has 35 heavy (non-hydrogen) atoms. The fourth-order valence-electron chi connectivity index (χ4n) is 10.2. The smallest absolute Gasteiger partial charge is 0.314 e. The minimum atomic E-state index is -0.895. The normalized spacial score (nSPS) is 52.6. The highest BCUT2D eigenvalue weighted by molar-refractivity contribution is 5.78. The zero-order chi connectivity index (χ0) is 25.8. The second kappa shape index (κ2) is 7.47. The molecule has 5 rings (SSSR count). The van der Waals surface area contributed by atoms with Crippen LogP contribution in [0.15, 0.2) is 23.3 Å². The first-order chi connectivity index (χ1) is 16.1. The summed E-state index contributed by atoms with van der Waals surface area (Å²) >= 11 is 0. The van der Waals surface area contributed by atoms with Crippen LogP contribution in [0.4, 0.5) is 0 Å². The van der Waals surface area contributed by atoms with Crippen LogP contribution < -0.4 is 0 Å². The van der Waals surface area contributed by atoms with E-state index >= 15 is 0 Å². The molecule has 9 atom stereocenters. The van der Waals surface area contributed by atoms with Gasteiger partial charge < -0.3 is 14.9 Å². The quantitative estimate of drug-likeness (QED) is 0.434. The Hall–Kier alpha value is -1.13. The van der Waals surface area contributed by atoms with Gasteiger partial charge in [0.25, 0.3) is 0 Å². The van der Waals surface area contributed by atoms with Gasteiger partial charge in [-0.25, -0.2) is 0 Å². The number of carbonyl (C=O) groups excluding carboxylic acids is 1. The Morgan fingerprint density at radius 2 is 1.63 bits per heavy atom. The van der Waals surface area contributed by atoms with Gasteiger partial charge in [0.2, 0.25) is 0 Å². The third-order valence-corrected chi connectivity index (χ3v) is 13.0. The number of hydrogen-bond acceptors (Lipinski definition) is 4. The summed E-state index contributed by atoms with van der Waals surface area (Å²) in [5, 5.41) is 22.0. The lowest BCUT2D eigenvalue weighted by Crippen LogP contribution is -2.63. The summed E-state index contributed by atoms with van der Waals surface area (Å²) < 4.78 is 5.18. The van der Waals surface area contributed by atoms with Crippen LogP contribution in [0.2, 0.25) is 0 Å². The van der Waals surface area contributed by atoms with E-state index in [-0.39, 0.29) is 39.1 Å². The van der Waals surface area contributed by atoms with Gasteiger partial charge in [-0.2, -0.15) is 0 Å². The van der Waals surface area contributed by atoms with Crippen LogP contribution in [0.1, 0.15) is 99.8 Å². The third kappa shape index (κ3) is 3.02. The molecule has 0 heterocycles. The lowest BCUT2D eigenvalue weighted by molar-refractivity contribution is -0.183. The summed E-state index contributed by atoms with van der Waals surface area (Å²) in [5.74, 6) is 0.688. The van der Waals surface area contributed by atoms with Crippen molar-refractivity contribution in [2.75, 3.05) is 7.11 Å². The summed E-state index contributed by atoms with van der Waals surface area (Å²) in [6.07, 6.45) is 11.7. The van der Waals surface area contributed by atoms with E-state index in [0.29, 0.717) is 24.7 Å². The molecule has 0 amide bonds. The molecule has 0 saturated heterocycles. The molecule has 3 saturated carbocycles. The maximum Gasteiger partial charge on any atom is 0.314 e. The highest BCUT2D eigenvalue weighted by atomic mass is 16.5. The van der Waals surface area contributed by atoms with Gasteiger partial charge in [-0.1, -0.05) is 59.3 Å². The second-order valence-corrected chi connectivity index (χ2v) is 14.8. The molecule has 0 spiro atoms. The largest absolute Gasteiger partial charge is 0.469 e. The lowest BCUT2D eigenvalue weighted by Gasteiger charge is -2.69. The highest BCUT2D eigenvalue weighted by Crippen LogP contribution is 2.74. The minimum Gasteiger partial charge on any atom is -0.469 e. The average Bonchev–Trinajstić information content (AvgIpc) is 2.78.